The zero-order valence-corrected chi connectivity index (χ0v) is 18.3. The second-order valence-electron chi connectivity index (χ2n) is 8.76. The summed E-state index contributed by atoms with van der Waals surface area (Å²) in [6, 6.07) is 19.8. The number of rotatable bonds is 1. The third-order valence-electron chi connectivity index (χ3n) is 5.68. The van der Waals surface area contributed by atoms with Crippen molar-refractivity contribution >= 4 is 32.7 Å². The normalized spacial score (nSPS) is 15.2. The summed E-state index contributed by atoms with van der Waals surface area (Å²) in [5, 5.41) is 11.4. The molecule has 0 saturated heterocycles. The molecule has 3 heteroatoms. The fraction of sp³-hybridized carbons (Fsp3) is 0.148. The van der Waals surface area contributed by atoms with Gasteiger partial charge in [-0.2, -0.15) is 21.8 Å². The Hall–Kier alpha value is -3.17. The van der Waals surface area contributed by atoms with E-state index in [0.29, 0.717) is 0 Å². The molecule has 2 nitrogen and oxygen atoms in total. The van der Waals surface area contributed by atoms with E-state index in [1.807, 2.05) is 10.4 Å². The summed E-state index contributed by atoms with van der Waals surface area (Å²) < 4.78 is 1.96. The van der Waals surface area contributed by atoms with Crippen molar-refractivity contribution in [2.75, 3.05) is 0 Å². The Balaban J connectivity index is 1.79. The van der Waals surface area contributed by atoms with E-state index in [9.17, 15) is 0 Å². The SMILES string of the molecule is C=[n+]1ccc(=C2C=C[N-]c3sccc32)cc1-c1cc(C(C)(C)C)c2ccccc2c1. The summed E-state index contributed by atoms with van der Waals surface area (Å²) in [5.74, 6) is 0. The van der Waals surface area contributed by atoms with Gasteiger partial charge in [-0.05, 0) is 61.7 Å². The van der Waals surface area contributed by atoms with E-state index < -0.39 is 0 Å². The lowest BCUT2D eigenvalue weighted by Gasteiger charge is -2.23. The number of pyridine rings is 1. The van der Waals surface area contributed by atoms with E-state index in [2.05, 4.69) is 105 Å². The number of allylic oxidation sites excluding steroid dienone is 1. The predicted octanol–water partition coefficient (Wildman–Crippen LogP) is 6.52. The highest BCUT2D eigenvalue weighted by atomic mass is 32.1. The maximum Gasteiger partial charge on any atom is 0.217 e. The predicted molar refractivity (Wildman–Crippen MR) is 128 cm³/mol. The molecule has 0 radical (unpaired) electrons. The highest BCUT2D eigenvalue weighted by molar-refractivity contribution is 7.14. The van der Waals surface area contributed by atoms with Crippen molar-refractivity contribution in [2.45, 2.75) is 26.2 Å². The Morgan fingerprint density at radius 2 is 1.83 bits per heavy atom. The molecule has 0 saturated carbocycles. The summed E-state index contributed by atoms with van der Waals surface area (Å²) in [6.07, 6.45) is 6.05. The quantitative estimate of drug-likeness (QED) is 0.319. The van der Waals surface area contributed by atoms with E-state index >= 15 is 0 Å². The van der Waals surface area contributed by atoms with Crippen LogP contribution in [0.15, 0.2) is 78.5 Å². The number of thiophene rings is 1. The van der Waals surface area contributed by atoms with E-state index in [0.717, 1.165) is 10.7 Å². The first-order valence-corrected chi connectivity index (χ1v) is 11.0. The highest BCUT2D eigenvalue weighted by Crippen LogP contribution is 2.39. The Kier molecular flexibility index (Phi) is 4.37. The third-order valence-corrected chi connectivity index (χ3v) is 6.50. The first-order chi connectivity index (χ1) is 14.4. The van der Waals surface area contributed by atoms with Crippen molar-refractivity contribution in [3.63, 3.8) is 0 Å². The van der Waals surface area contributed by atoms with Crippen LogP contribution in [0.5, 0.6) is 0 Å². The lowest BCUT2D eigenvalue weighted by molar-refractivity contribution is -0.486. The molecule has 1 aliphatic heterocycles. The van der Waals surface area contributed by atoms with Crippen molar-refractivity contribution in [3.8, 4) is 11.3 Å². The minimum atomic E-state index is 0.0488. The summed E-state index contributed by atoms with van der Waals surface area (Å²) in [6.45, 7) is 11.1. The van der Waals surface area contributed by atoms with Gasteiger partial charge in [0.1, 0.15) is 6.72 Å². The fourth-order valence-corrected chi connectivity index (χ4v) is 4.91. The van der Waals surface area contributed by atoms with E-state index in [1.54, 1.807) is 11.3 Å². The van der Waals surface area contributed by atoms with Crippen LogP contribution in [-0.4, -0.2) is 0 Å². The summed E-state index contributed by atoms with van der Waals surface area (Å²) >= 11 is 1.68. The molecule has 3 heterocycles. The fourth-order valence-electron chi connectivity index (χ4n) is 4.15. The second-order valence-corrected chi connectivity index (χ2v) is 9.66. The van der Waals surface area contributed by atoms with Gasteiger partial charge >= 0.3 is 0 Å². The van der Waals surface area contributed by atoms with Crippen molar-refractivity contribution in [1.82, 2.24) is 0 Å². The molecule has 4 aromatic rings. The van der Waals surface area contributed by atoms with E-state index in [1.165, 1.54) is 38.3 Å². The zero-order chi connectivity index (χ0) is 20.9. The number of aromatic nitrogens is 1. The monoisotopic (exact) mass is 408 g/mol. The minimum Gasteiger partial charge on any atom is -0.655 e. The first-order valence-electron chi connectivity index (χ1n) is 10.1. The average molecular weight is 409 g/mol. The van der Waals surface area contributed by atoms with Crippen LogP contribution in [0.4, 0.5) is 5.00 Å². The Morgan fingerprint density at radius 1 is 1.00 bits per heavy atom. The summed E-state index contributed by atoms with van der Waals surface area (Å²) in [7, 11) is 0. The molecule has 2 aromatic heterocycles. The van der Waals surface area contributed by atoms with Crippen molar-refractivity contribution in [1.29, 1.82) is 0 Å². The molecule has 1 aliphatic rings. The van der Waals surface area contributed by atoms with Crippen molar-refractivity contribution < 1.29 is 4.24 Å². The second kappa shape index (κ2) is 6.96. The van der Waals surface area contributed by atoms with E-state index in [4.69, 9.17) is 0 Å². The van der Waals surface area contributed by atoms with Crippen LogP contribution in [0.1, 0.15) is 31.9 Å². The van der Waals surface area contributed by atoms with Crippen LogP contribution in [0.3, 0.4) is 0 Å². The van der Waals surface area contributed by atoms with Gasteiger partial charge in [-0.25, -0.2) is 0 Å². The van der Waals surface area contributed by atoms with Crippen LogP contribution in [0.2, 0.25) is 0 Å². The number of benzene rings is 2. The molecular weight excluding hydrogens is 384 g/mol. The highest BCUT2D eigenvalue weighted by Gasteiger charge is 2.20. The molecule has 0 unspecified atom stereocenters. The molecular formula is C27H24N2S. The van der Waals surface area contributed by atoms with Gasteiger partial charge in [-0.1, -0.05) is 56.1 Å². The van der Waals surface area contributed by atoms with Crippen LogP contribution in [0, 0.1) is 6.72 Å². The summed E-state index contributed by atoms with van der Waals surface area (Å²) in [4.78, 5) is 0. The molecule has 0 spiro atoms. The lowest BCUT2D eigenvalue weighted by Crippen LogP contribution is -2.22. The van der Waals surface area contributed by atoms with Crippen LogP contribution in [-0.2, 0) is 5.41 Å². The molecule has 0 amide bonds. The molecule has 5 rings (SSSR count). The number of nitrogens with zero attached hydrogens (tertiary/aromatic N) is 2. The third kappa shape index (κ3) is 3.16. The van der Waals surface area contributed by atoms with Gasteiger partial charge in [0.15, 0.2) is 6.20 Å². The van der Waals surface area contributed by atoms with E-state index in [-0.39, 0.29) is 5.41 Å². The van der Waals surface area contributed by atoms with Gasteiger partial charge in [0.2, 0.25) is 5.69 Å². The van der Waals surface area contributed by atoms with Crippen molar-refractivity contribution in [2.24, 2.45) is 0 Å². The van der Waals surface area contributed by atoms with Gasteiger partial charge in [-0.15, -0.1) is 0 Å². The number of fused-ring (bicyclic) bond motifs is 2. The van der Waals surface area contributed by atoms with Gasteiger partial charge in [-0.3, -0.25) is 0 Å². The largest absolute Gasteiger partial charge is 0.655 e. The zero-order valence-electron chi connectivity index (χ0n) is 17.5. The molecule has 0 bridgehead atoms. The minimum absolute atomic E-state index is 0.0488. The molecule has 0 N–H and O–H groups in total. The van der Waals surface area contributed by atoms with Gasteiger partial charge < -0.3 is 5.32 Å². The lowest BCUT2D eigenvalue weighted by atomic mass is 9.82. The van der Waals surface area contributed by atoms with Gasteiger partial charge in [0.05, 0.1) is 0 Å². The van der Waals surface area contributed by atoms with Crippen LogP contribution < -0.4 is 9.46 Å². The van der Waals surface area contributed by atoms with Crippen molar-refractivity contribution in [3.05, 3.63) is 107 Å². The Bertz CT molecular complexity index is 1420. The Morgan fingerprint density at radius 3 is 2.67 bits per heavy atom. The molecule has 0 fully saturated rings. The number of hydrogen-bond donors (Lipinski definition) is 0. The van der Waals surface area contributed by atoms with Gasteiger partial charge in [0, 0.05) is 17.7 Å². The van der Waals surface area contributed by atoms with Crippen LogP contribution in [0.25, 0.3) is 32.9 Å². The maximum atomic E-state index is 4.50. The molecule has 0 aliphatic carbocycles. The standard InChI is InChI=1S/C27H24N2S/c1-27(2,3)24-16-20(15-18-7-5-6-8-22(18)24)25-17-19(10-13-29(25)4)21-9-12-28-26-23(21)11-14-30-26/h5-17H,4H2,1-3H3. The molecule has 148 valence electrons. The number of hydrogen-bond acceptors (Lipinski definition) is 1. The summed E-state index contributed by atoms with van der Waals surface area (Å²) in [5.41, 5.74) is 6.09. The van der Waals surface area contributed by atoms with Gasteiger partial charge in [0.25, 0.3) is 0 Å². The maximum absolute atomic E-state index is 4.50. The average Bonchev–Trinajstić information content (AvgIpc) is 3.22. The van der Waals surface area contributed by atoms with Crippen LogP contribution >= 0.6 is 11.3 Å². The topological polar surface area (TPSA) is 20.0 Å². The molecule has 0 atom stereocenters. The smallest absolute Gasteiger partial charge is 0.217 e. The molecule has 2 aromatic carbocycles. The molecule has 30 heavy (non-hydrogen) atoms. The Labute approximate surface area is 181 Å². The first kappa shape index (κ1) is 18.8.